The second-order valence-corrected chi connectivity index (χ2v) is 11.3. The van der Waals surface area contributed by atoms with Crippen LogP contribution >= 0.6 is 0 Å². The van der Waals surface area contributed by atoms with E-state index in [1.165, 1.54) is 32.1 Å². The Kier molecular flexibility index (Phi) is 12.7. The number of nitrogens with one attached hydrogen (secondary N) is 2. The first-order chi connectivity index (χ1) is 19.3. The molecule has 2 aromatic rings. The van der Waals surface area contributed by atoms with E-state index in [0.29, 0.717) is 43.0 Å². The molecule has 0 saturated heterocycles. The number of furan rings is 1. The lowest BCUT2D eigenvalue weighted by atomic mass is 9.89. The number of nitrogens with zero attached hydrogens (tertiary/aromatic N) is 1. The van der Waals surface area contributed by atoms with Crippen LogP contribution < -0.4 is 16.4 Å². The Bertz CT molecular complexity index is 1060. The largest absolute Gasteiger partial charge is 0.472 e. The number of hydrogen-bond acceptors (Lipinski definition) is 5. The van der Waals surface area contributed by atoms with Crippen LogP contribution in [0.15, 0.2) is 47.3 Å². The van der Waals surface area contributed by atoms with Gasteiger partial charge in [-0.15, -0.1) is 0 Å². The fourth-order valence-corrected chi connectivity index (χ4v) is 5.54. The third-order valence-electron chi connectivity index (χ3n) is 7.88. The van der Waals surface area contributed by atoms with Crippen molar-refractivity contribution in [1.82, 2.24) is 15.5 Å². The molecule has 3 rings (SSSR count). The Morgan fingerprint density at radius 3 is 2.40 bits per heavy atom. The number of nitrogens with two attached hydrogens (primary N) is 1. The van der Waals surface area contributed by atoms with Gasteiger partial charge in [0.1, 0.15) is 0 Å². The standard InChI is InChI=1S/C32H48N4O4/c1-4-15-36(16-5-2)32(39)27-13-9-12-26(20-27)31(38)35-29(19-25-14-17-40-22-25)28(33)18-23(3)30(37)34-21-24-10-7-6-8-11-24/h9,12-14,17,20,22-24,28-29H,4-8,10-11,15-16,18-19,21,33H2,1-3H3,(H,34,37)(H,35,38)/t23-,28+,29+/m1/s1. The highest BCUT2D eigenvalue weighted by molar-refractivity contribution is 5.99. The second-order valence-electron chi connectivity index (χ2n) is 11.3. The van der Waals surface area contributed by atoms with Crippen LogP contribution in [0.3, 0.4) is 0 Å². The molecular formula is C32H48N4O4. The zero-order chi connectivity index (χ0) is 28.9. The van der Waals surface area contributed by atoms with Gasteiger partial charge in [0.05, 0.1) is 12.5 Å². The van der Waals surface area contributed by atoms with Crippen LogP contribution in [0.1, 0.15) is 98.4 Å². The number of hydrogen-bond donors (Lipinski definition) is 3. The Morgan fingerprint density at radius 2 is 1.75 bits per heavy atom. The molecule has 0 unspecified atom stereocenters. The molecule has 220 valence electrons. The minimum absolute atomic E-state index is 0.00402. The van der Waals surface area contributed by atoms with E-state index in [1.54, 1.807) is 36.8 Å². The molecule has 3 atom stereocenters. The Balaban J connectivity index is 1.66. The normalized spacial score (nSPS) is 16.1. The summed E-state index contributed by atoms with van der Waals surface area (Å²) in [5, 5.41) is 6.20. The smallest absolute Gasteiger partial charge is 0.253 e. The monoisotopic (exact) mass is 552 g/mol. The highest BCUT2D eigenvalue weighted by Gasteiger charge is 2.27. The van der Waals surface area contributed by atoms with Crippen molar-refractivity contribution >= 4 is 17.7 Å². The lowest BCUT2D eigenvalue weighted by molar-refractivity contribution is -0.125. The topological polar surface area (TPSA) is 118 Å². The Hall–Kier alpha value is -3.13. The molecule has 1 aromatic heterocycles. The maximum absolute atomic E-state index is 13.4. The van der Waals surface area contributed by atoms with Gasteiger partial charge in [0.2, 0.25) is 5.91 Å². The van der Waals surface area contributed by atoms with Crippen molar-refractivity contribution in [3.05, 3.63) is 59.5 Å². The van der Waals surface area contributed by atoms with E-state index in [9.17, 15) is 14.4 Å². The number of benzene rings is 1. The van der Waals surface area contributed by atoms with Gasteiger partial charge in [-0.05, 0) is 74.3 Å². The van der Waals surface area contributed by atoms with Crippen molar-refractivity contribution in [2.75, 3.05) is 19.6 Å². The van der Waals surface area contributed by atoms with Gasteiger partial charge in [0.15, 0.2) is 0 Å². The molecule has 0 radical (unpaired) electrons. The highest BCUT2D eigenvalue weighted by atomic mass is 16.3. The molecule has 0 bridgehead atoms. The molecule has 1 fully saturated rings. The van der Waals surface area contributed by atoms with Crippen LogP contribution in [0, 0.1) is 11.8 Å². The third-order valence-corrected chi connectivity index (χ3v) is 7.88. The van der Waals surface area contributed by atoms with Gasteiger partial charge in [0.25, 0.3) is 11.8 Å². The van der Waals surface area contributed by atoms with E-state index in [0.717, 1.165) is 24.9 Å². The van der Waals surface area contributed by atoms with Gasteiger partial charge in [-0.25, -0.2) is 0 Å². The second kappa shape index (κ2) is 16.2. The van der Waals surface area contributed by atoms with E-state index in [1.807, 2.05) is 31.7 Å². The van der Waals surface area contributed by atoms with Gasteiger partial charge in [-0.3, -0.25) is 14.4 Å². The van der Waals surface area contributed by atoms with Crippen LogP contribution in [0.25, 0.3) is 0 Å². The number of carbonyl (C=O) groups excluding carboxylic acids is 3. The molecular weight excluding hydrogens is 504 g/mol. The van der Waals surface area contributed by atoms with Crippen LogP contribution in [0.5, 0.6) is 0 Å². The lowest BCUT2D eigenvalue weighted by Gasteiger charge is -2.28. The first kappa shape index (κ1) is 31.4. The first-order valence-electron chi connectivity index (χ1n) is 15.1. The van der Waals surface area contributed by atoms with Crippen LogP contribution in [0.4, 0.5) is 0 Å². The molecule has 1 heterocycles. The van der Waals surface area contributed by atoms with Crippen molar-refractivity contribution < 1.29 is 18.8 Å². The summed E-state index contributed by atoms with van der Waals surface area (Å²) in [6.45, 7) is 8.06. The molecule has 40 heavy (non-hydrogen) atoms. The van der Waals surface area contributed by atoms with E-state index in [2.05, 4.69) is 10.6 Å². The average Bonchev–Trinajstić information content (AvgIpc) is 3.48. The van der Waals surface area contributed by atoms with E-state index < -0.39 is 12.1 Å². The summed E-state index contributed by atoms with van der Waals surface area (Å²) in [5.41, 5.74) is 8.45. The molecule has 0 spiro atoms. The maximum atomic E-state index is 13.4. The molecule has 4 N–H and O–H groups in total. The van der Waals surface area contributed by atoms with E-state index >= 15 is 0 Å². The van der Waals surface area contributed by atoms with Crippen molar-refractivity contribution in [1.29, 1.82) is 0 Å². The quantitative estimate of drug-likeness (QED) is 0.290. The average molecular weight is 553 g/mol. The molecule has 8 nitrogen and oxygen atoms in total. The summed E-state index contributed by atoms with van der Waals surface area (Å²) in [6, 6.07) is 7.82. The molecule has 1 aliphatic rings. The zero-order valence-electron chi connectivity index (χ0n) is 24.5. The van der Waals surface area contributed by atoms with Crippen LogP contribution in [-0.2, 0) is 11.2 Å². The SMILES string of the molecule is CCCN(CCC)C(=O)c1cccc(C(=O)N[C@@H](Cc2ccoc2)[C@@H](N)C[C@@H](C)C(=O)NCC2CCCCC2)c1. The lowest BCUT2D eigenvalue weighted by Crippen LogP contribution is -2.50. The van der Waals surface area contributed by atoms with Gasteiger partial charge in [-0.2, -0.15) is 0 Å². The zero-order valence-corrected chi connectivity index (χ0v) is 24.5. The number of amides is 3. The summed E-state index contributed by atoms with van der Waals surface area (Å²) < 4.78 is 5.24. The third kappa shape index (κ3) is 9.51. The predicted octanol–water partition coefficient (Wildman–Crippen LogP) is 4.93. The molecule has 3 amide bonds. The minimum Gasteiger partial charge on any atom is -0.472 e. The predicted molar refractivity (Wildman–Crippen MR) is 158 cm³/mol. The van der Waals surface area contributed by atoms with Crippen molar-refractivity contribution in [2.45, 2.75) is 90.6 Å². The fraction of sp³-hybridized carbons (Fsp3) is 0.594. The highest BCUT2D eigenvalue weighted by Crippen LogP contribution is 2.23. The van der Waals surface area contributed by atoms with Crippen LogP contribution in [0.2, 0.25) is 0 Å². The minimum atomic E-state index is -0.455. The van der Waals surface area contributed by atoms with Gasteiger partial charge >= 0.3 is 0 Å². The van der Waals surface area contributed by atoms with Crippen LogP contribution in [-0.4, -0.2) is 54.3 Å². The van der Waals surface area contributed by atoms with Gasteiger partial charge in [-0.1, -0.05) is 46.1 Å². The molecule has 1 aliphatic carbocycles. The number of carbonyl (C=O) groups is 3. The van der Waals surface area contributed by atoms with E-state index in [-0.39, 0.29) is 23.6 Å². The Morgan fingerprint density at radius 1 is 1.05 bits per heavy atom. The molecule has 8 heteroatoms. The summed E-state index contributed by atoms with van der Waals surface area (Å²) in [4.78, 5) is 41.2. The molecule has 1 saturated carbocycles. The van der Waals surface area contributed by atoms with Crippen molar-refractivity contribution in [3.8, 4) is 0 Å². The van der Waals surface area contributed by atoms with Gasteiger partial charge in [0, 0.05) is 48.8 Å². The fourth-order valence-electron chi connectivity index (χ4n) is 5.54. The molecule has 0 aliphatic heterocycles. The van der Waals surface area contributed by atoms with Gasteiger partial charge < -0.3 is 25.7 Å². The van der Waals surface area contributed by atoms with E-state index in [4.69, 9.17) is 10.2 Å². The van der Waals surface area contributed by atoms with Crippen molar-refractivity contribution in [2.24, 2.45) is 17.6 Å². The molecule has 1 aromatic carbocycles. The maximum Gasteiger partial charge on any atom is 0.253 e. The number of rotatable bonds is 15. The summed E-state index contributed by atoms with van der Waals surface area (Å²) in [6.07, 6.45) is 12.0. The summed E-state index contributed by atoms with van der Waals surface area (Å²) >= 11 is 0. The van der Waals surface area contributed by atoms with Crippen molar-refractivity contribution in [3.63, 3.8) is 0 Å². The summed E-state index contributed by atoms with van der Waals surface area (Å²) in [5.74, 6) is -0.0929. The first-order valence-corrected chi connectivity index (χ1v) is 15.1. The summed E-state index contributed by atoms with van der Waals surface area (Å²) in [7, 11) is 0. The Labute approximate surface area is 239 Å².